The SMILES string of the molecule is CC(NC(=O)c1ccnc(CN)c1)c1nnc2n1CCC2. The number of hydrogen-bond acceptors (Lipinski definition) is 5. The van der Waals surface area contributed by atoms with Crippen molar-refractivity contribution < 1.29 is 4.79 Å². The van der Waals surface area contributed by atoms with E-state index in [1.807, 2.05) is 6.92 Å². The van der Waals surface area contributed by atoms with E-state index < -0.39 is 0 Å². The van der Waals surface area contributed by atoms with Crippen LogP contribution in [0.1, 0.15) is 47.1 Å². The van der Waals surface area contributed by atoms with E-state index in [1.54, 1.807) is 18.3 Å². The van der Waals surface area contributed by atoms with Crippen LogP contribution in [0, 0.1) is 0 Å². The van der Waals surface area contributed by atoms with Crippen LogP contribution in [0.15, 0.2) is 18.3 Å². The molecule has 0 aliphatic carbocycles. The Morgan fingerprint density at radius 3 is 3.19 bits per heavy atom. The van der Waals surface area contributed by atoms with Crippen LogP contribution in [0.5, 0.6) is 0 Å². The molecule has 2 aromatic rings. The van der Waals surface area contributed by atoms with E-state index in [1.165, 1.54) is 0 Å². The summed E-state index contributed by atoms with van der Waals surface area (Å²) in [5.74, 6) is 1.65. The molecule has 0 aromatic carbocycles. The third kappa shape index (κ3) is 2.64. The van der Waals surface area contributed by atoms with Crippen molar-refractivity contribution in [2.45, 2.75) is 38.9 Å². The van der Waals surface area contributed by atoms with Gasteiger partial charge in [-0.1, -0.05) is 0 Å². The zero-order valence-electron chi connectivity index (χ0n) is 11.9. The number of carbonyl (C=O) groups excluding carboxylic acids is 1. The maximum absolute atomic E-state index is 12.3. The molecule has 1 atom stereocenters. The zero-order valence-corrected chi connectivity index (χ0v) is 11.9. The van der Waals surface area contributed by atoms with Gasteiger partial charge in [0.25, 0.3) is 5.91 Å². The maximum atomic E-state index is 12.3. The van der Waals surface area contributed by atoms with Crippen molar-refractivity contribution in [1.82, 2.24) is 25.1 Å². The second-order valence-electron chi connectivity index (χ2n) is 5.16. The highest BCUT2D eigenvalue weighted by Gasteiger charge is 2.22. The molecule has 7 heteroatoms. The Bertz CT molecular complexity index is 665. The monoisotopic (exact) mass is 286 g/mol. The van der Waals surface area contributed by atoms with Crippen LogP contribution in [0.3, 0.4) is 0 Å². The molecule has 1 aliphatic rings. The molecule has 1 unspecified atom stereocenters. The molecule has 0 radical (unpaired) electrons. The summed E-state index contributed by atoms with van der Waals surface area (Å²) in [5.41, 5.74) is 6.79. The molecule has 3 N–H and O–H groups in total. The Hall–Kier alpha value is -2.28. The molecule has 2 aromatic heterocycles. The minimum absolute atomic E-state index is 0.157. The van der Waals surface area contributed by atoms with Gasteiger partial charge in [-0.15, -0.1) is 10.2 Å². The first-order valence-corrected chi connectivity index (χ1v) is 7.07. The smallest absolute Gasteiger partial charge is 0.251 e. The van der Waals surface area contributed by atoms with Crippen LogP contribution >= 0.6 is 0 Å². The lowest BCUT2D eigenvalue weighted by molar-refractivity contribution is 0.0937. The van der Waals surface area contributed by atoms with E-state index in [9.17, 15) is 4.79 Å². The van der Waals surface area contributed by atoms with Gasteiger partial charge in [0.05, 0.1) is 11.7 Å². The normalized spacial score (nSPS) is 14.8. The van der Waals surface area contributed by atoms with E-state index in [0.29, 0.717) is 17.8 Å². The van der Waals surface area contributed by atoms with Crippen LogP contribution < -0.4 is 11.1 Å². The number of hydrogen-bond donors (Lipinski definition) is 2. The van der Waals surface area contributed by atoms with Gasteiger partial charge in [-0.3, -0.25) is 9.78 Å². The fraction of sp³-hybridized carbons (Fsp3) is 0.429. The van der Waals surface area contributed by atoms with Crippen molar-refractivity contribution in [3.8, 4) is 0 Å². The summed E-state index contributed by atoms with van der Waals surface area (Å²) < 4.78 is 2.09. The summed E-state index contributed by atoms with van der Waals surface area (Å²) in [5, 5.41) is 11.3. The number of carbonyl (C=O) groups is 1. The lowest BCUT2D eigenvalue weighted by atomic mass is 10.2. The number of amides is 1. The van der Waals surface area contributed by atoms with Gasteiger partial charge in [0, 0.05) is 31.3 Å². The highest BCUT2D eigenvalue weighted by Crippen LogP contribution is 2.19. The Morgan fingerprint density at radius 1 is 1.52 bits per heavy atom. The topological polar surface area (TPSA) is 98.7 Å². The maximum Gasteiger partial charge on any atom is 0.251 e. The Balaban J connectivity index is 1.74. The van der Waals surface area contributed by atoms with E-state index >= 15 is 0 Å². The number of rotatable bonds is 4. The molecule has 7 nitrogen and oxygen atoms in total. The summed E-state index contributed by atoms with van der Waals surface area (Å²) in [7, 11) is 0. The standard InChI is InChI=1S/C14H18N6O/c1-9(13-19-18-12-3-2-6-20(12)13)17-14(21)10-4-5-16-11(7-10)8-15/h4-5,7,9H,2-3,6,8,15H2,1H3,(H,17,21). The molecule has 0 bridgehead atoms. The molecular weight excluding hydrogens is 268 g/mol. The number of nitrogens with two attached hydrogens (primary N) is 1. The zero-order chi connectivity index (χ0) is 14.8. The number of pyridine rings is 1. The predicted molar refractivity (Wildman–Crippen MR) is 76.4 cm³/mol. The van der Waals surface area contributed by atoms with E-state index in [-0.39, 0.29) is 11.9 Å². The van der Waals surface area contributed by atoms with Gasteiger partial charge >= 0.3 is 0 Å². The number of aromatic nitrogens is 4. The number of aryl methyl sites for hydroxylation is 1. The van der Waals surface area contributed by atoms with E-state index in [2.05, 4.69) is 25.1 Å². The minimum atomic E-state index is -0.189. The van der Waals surface area contributed by atoms with E-state index in [4.69, 9.17) is 5.73 Å². The third-order valence-electron chi connectivity index (χ3n) is 3.66. The highest BCUT2D eigenvalue weighted by atomic mass is 16.1. The lowest BCUT2D eigenvalue weighted by Crippen LogP contribution is -2.28. The summed E-state index contributed by atoms with van der Waals surface area (Å²) in [6, 6.07) is 3.19. The predicted octanol–water partition coefficient (Wildman–Crippen LogP) is 0.569. The van der Waals surface area contributed by atoms with Crippen LogP contribution in [-0.4, -0.2) is 25.7 Å². The largest absolute Gasteiger partial charge is 0.342 e. The Morgan fingerprint density at radius 2 is 2.38 bits per heavy atom. The van der Waals surface area contributed by atoms with Crippen molar-refractivity contribution in [2.75, 3.05) is 0 Å². The molecule has 0 fully saturated rings. The molecular formula is C14H18N6O. The summed E-state index contributed by atoms with van der Waals surface area (Å²) >= 11 is 0. The van der Waals surface area contributed by atoms with Crippen molar-refractivity contribution in [2.24, 2.45) is 5.73 Å². The van der Waals surface area contributed by atoms with Crippen LogP contribution in [-0.2, 0) is 19.5 Å². The molecule has 3 heterocycles. The Labute approximate surface area is 122 Å². The number of fused-ring (bicyclic) bond motifs is 1. The van der Waals surface area contributed by atoms with Gasteiger partial charge < -0.3 is 15.6 Å². The molecule has 1 amide bonds. The van der Waals surface area contributed by atoms with Gasteiger partial charge in [0.15, 0.2) is 5.82 Å². The minimum Gasteiger partial charge on any atom is -0.342 e. The first-order valence-electron chi connectivity index (χ1n) is 7.07. The van der Waals surface area contributed by atoms with Crippen molar-refractivity contribution in [3.05, 3.63) is 41.2 Å². The van der Waals surface area contributed by atoms with Crippen LogP contribution in [0.2, 0.25) is 0 Å². The van der Waals surface area contributed by atoms with Gasteiger partial charge in [0.2, 0.25) is 0 Å². The summed E-state index contributed by atoms with van der Waals surface area (Å²) in [4.78, 5) is 16.4. The third-order valence-corrected chi connectivity index (χ3v) is 3.66. The summed E-state index contributed by atoms with van der Waals surface area (Å²) in [6.07, 6.45) is 3.64. The fourth-order valence-corrected chi connectivity index (χ4v) is 2.57. The van der Waals surface area contributed by atoms with Gasteiger partial charge in [-0.2, -0.15) is 0 Å². The fourth-order valence-electron chi connectivity index (χ4n) is 2.57. The molecule has 3 rings (SSSR count). The molecule has 1 aliphatic heterocycles. The second-order valence-corrected chi connectivity index (χ2v) is 5.16. The highest BCUT2D eigenvalue weighted by molar-refractivity contribution is 5.94. The number of nitrogens with zero attached hydrogens (tertiary/aromatic N) is 4. The van der Waals surface area contributed by atoms with E-state index in [0.717, 1.165) is 31.0 Å². The average Bonchev–Trinajstić information content (AvgIpc) is 3.09. The molecule has 110 valence electrons. The first kappa shape index (κ1) is 13.7. The Kier molecular flexibility index (Phi) is 3.66. The lowest BCUT2D eigenvalue weighted by Gasteiger charge is -2.14. The van der Waals surface area contributed by atoms with Crippen molar-refractivity contribution in [1.29, 1.82) is 0 Å². The molecule has 0 saturated heterocycles. The first-order chi connectivity index (χ1) is 10.2. The number of nitrogens with one attached hydrogen (secondary N) is 1. The van der Waals surface area contributed by atoms with Gasteiger partial charge in [-0.25, -0.2) is 0 Å². The molecule has 0 saturated carbocycles. The van der Waals surface area contributed by atoms with Crippen LogP contribution in [0.25, 0.3) is 0 Å². The quantitative estimate of drug-likeness (QED) is 0.856. The summed E-state index contributed by atoms with van der Waals surface area (Å²) in [6.45, 7) is 3.15. The molecule has 0 spiro atoms. The van der Waals surface area contributed by atoms with Crippen LogP contribution in [0.4, 0.5) is 0 Å². The molecule has 21 heavy (non-hydrogen) atoms. The van der Waals surface area contributed by atoms with Gasteiger partial charge in [0.1, 0.15) is 5.82 Å². The second kappa shape index (κ2) is 5.61. The average molecular weight is 286 g/mol. The van der Waals surface area contributed by atoms with Crippen molar-refractivity contribution >= 4 is 5.91 Å². The van der Waals surface area contributed by atoms with Gasteiger partial charge in [-0.05, 0) is 25.5 Å². The van der Waals surface area contributed by atoms with Crippen molar-refractivity contribution in [3.63, 3.8) is 0 Å².